The molecule has 0 unspecified atom stereocenters. The standard InChI is InChI=1S/C14H20N2S/c1-11-7-6-8-12(2)13(11)15-14(17)16-9-4-3-5-10-16/h6-8H,3-5,9-10H2,1-2H3,(H,15,17). The first-order valence-corrected chi connectivity index (χ1v) is 6.71. The van der Waals surface area contributed by atoms with E-state index in [1.165, 1.54) is 36.1 Å². The van der Waals surface area contributed by atoms with Crippen molar-refractivity contribution in [1.29, 1.82) is 0 Å². The van der Waals surface area contributed by atoms with Crippen molar-refractivity contribution in [2.45, 2.75) is 33.1 Å². The van der Waals surface area contributed by atoms with Gasteiger partial charge in [-0.05, 0) is 56.5 Å². The van der Waals surface area contributed by atoms with Gasteiger partial charge in [-0.3, -0.25) is 0 Å². The van der Waals surface area contributed by atoms with Crippen LogP contribution in [0, 0.1) is 13.8 Å². The Morgan fingerprint density at radius 1 is 1.12 bits per heavy atom. The van der Waals surface area contributed by atoms with Gasteiger partial charge in [0.05, 0.1) is 0 Å². The van der Waals surface area contributed by atoms with E-state index in [4.69, 9.17) is 12.2 Å². The molecule has 0 radical (unpaired) electrons. The van der Waals surface area contributed by atoms with Crippen molar-refractivity contribution in [3.8, 4) is 0 Å². The van der Waals surface area contributed by atoms with E-state index < -0.39 is 0 Å². The molecule has 1 fully saturated rings. The molecule has 1 aromatic carbocycles. The number of likely N-dealkylation sites (tertiary alicyclic amines) is 1. The molecular weight excluding hydrogens is 228 g/mol. The van der Waals surface area contributed by atoms with Gasteiger partial charge in [0.2, 0.25) is 0 Å². The number of hydrogen-bond acceptors (Lipinski definition) is 1. The highest BCUT2D eigenvalue weighted by atomic mass is 32.1. The number of nitrogens with one attached hydrogen (secondary N) is 1. The van der Waals surface area contributed by atoms with E-state index in [9.17, 15) is 0 Å². The normalized spacial score (nSPS) is 15.8. The Hall–Kier alpha value is -1.09. The Labute approximate surface area is 109 Å². The molecule has 1 aromatic rings. The zero-order chi connectivity index (χ0) is 12.3. The van der Waals surface area contributed by atoms with Crippen LogP contribution in [0.25, 0.3) is 0 Å². The second-order valence-corrected chi connectivity index (χ2v) is 5.13. The number of nitrogens with zero attached hydrogens (tertiary/aromatic N) is 1. The first-order valence-electron chi connectivity index (χ1n) is 6.30. The van der Waals surface area contributed by atoms with Crippen LogP contribution in [0.15, 0.2) is 18.2 Å². The summed E-state index contributed by atoms with van der Waals surface area (Å²) in [6.45, 7) is 6.43. The van der Waals surface area contributed by atoms with Gasteiger partial charge in [-0.2, -0.15) is 0 Å². The molecule has 2 rings (SSSR count). The van der Waals surface area contributed by atoms with Crippen molar-refractivity contribution >= 4 is 23.0 Å². The van der Waals surface area contributed by atoms with Gasteiger partial charge in [0, 0.05) is 18.8 Å². The van der Waals surface area contributed by atoms with Crippen LogP contribution in [0.2, 0.25) is 0 Å². The van der Waals surface area contributed by atoms with E-state index >= 15 is 0 Å². The van der Waals surface area contributed by atoms with Gasteiger partial charge in [0.15, 0.2) is 5.11 Å². The third kappa shape index (κ3) is 2.97. The molecular formula is C14H20N2S. The van der Waals surface area contributed by atoms with Gasteiger partial charge in [0.1, 0.15) is 0 Å². The second kappa shape index (κ2) is 5.50. The number of piperidine rings is 1. The molecule has 0 saturated carbocycles. The Balaban J connectivity index is 2.07. The summed E-state index contributed by atoms with van der Waals surface area (Å²) in [6, 6.07) is 6.32. The Bertz CT molecular complexity index is 388. The summed E-state index contributed by atoms with van der Waals surface area (Å²) < 4.78 is 0. The summed E-state index contributed by atoms with van der Waals surface area (Å²) in [7, 11) is 0. The molecule has 92 valence electrons. The number of anilines is 1. The molecule has 17 heavy (non-hydrogen) atoms. The first-order chi connectivity index (χ1) is 8.18. The Kier molecular flexibility index (Phi) is 4.00. The molecule has 0 aromatic heterocycles. The maximum atomic E-state index is 5.49. The molecule has 0 atom stereocenters. The fourth-order valence-corrected chi connectivity index (χ4v) is 2.58. The van der Waals surface area contributed by atoms with Crippen LogP contribution in [-0.4, -0.2) is 23.1 Å². The molecule has 1 saturated heterocycles. The van der Waals surface area contributed by atoms with E-state index in [-0.39, 0.29) is 0 Å². The molecule has 3 heteroatoms. The number of para-hydroxylation sites is 1. The van der Waals surface area contributed by atoms with E-state index in [0.717, 1.165) is 18.2 Å². The van der Waals surface area contributed by atoms with Gasteiger partial charge in [-0.15, -0.1) is 0 Å². The zero-order valence-corrected chi connectivity index (χ0v) is 11.4. The highest BCUT2D eigenvalue weighted by Crippen LogP contribution is 2.20. The molecule has 0 aliphatic carbocycles. The summed E-state index contributed by atoms with van der Waals surface area (Å²) in [6.07, 6.45) is 3.85. The summed E-state index contributed by atoms with van der Waals surface area (Å²) in [5.41, 5.74) is 3.68. The van der Waals surface area contributed by atoms with E-state index in [2.05, 4.69) is 42.3 Å². The SMILES string of the molecule is Cc1cccc(C)c1NC(=S)N1CCCCC1. The fourth-order valence-electron chi connectivity index (χ4n) is 2.29. The Morgan fingerprint density at radius 2 is 1.71 bits per heavy atom. The lowest BCUT2D eigenvalue weighted by Crippen LogP contribution is -2.38. The largest absolute Gasteiger partial charge is 0.349 e. The predicted octanol–water partition coefficient (Wildman–Crippen LogP) is 3.49. The summed E-state index contributed by atoms with van der Waals surface area (Å²) in [5.74, 6) is 0. The molecule has 0 spiro atoms. The molecule has 1 N–H and O–H groups in total. The van der Waals surface area contributed by atoms with Crippen molar-refractivity contribution in [1.82, 2.24) is 4.90 Å². The number of aryl methyl sites for hydroxylation is 2. The number of thiocarbonyl (C=S) groups is 1. The average Bonchev–Trinajstić information content (AvgIpc) is 2.35. The van der Waals surface area contributed by atoms with E-state index in [1.807, 2.05) is 0 Å². The first kappa shape index (κ1) is 12.4. The summed E-state index contributed by atoms with van der Waals surface area (Å²) in [4.78, 5) is 2.28. The van der Waals surface area contributed by atoms with Crippen molar-refractivity contribution in [3.05, 3.63) is 29.3 Å². The predicted molar refractivity (Wildman–Crippen MR) is 77.6 cm³/mol. The van der Waals surface area contributed by atoms with Crippen molar-refractivity contribution in [2.75, 3.05) is 18.4 Å². The van der Waals surface area contributed by atoms with Crippen molar-refractivity contribution in [2.24, 2.45) is 0 Å². The number of benzene rings is 1. The molecule has 2 nitrogen and oxygen atoms in total. The van der Waals surface area contributed by atoms with Gasteiger partial charge in [0.25, 0.3) is 0 Å². The van der Waals surface area contributed by atoms with Crippen LogP contribution in [0.4, 0.5) is 5.69 Å². The minimum atomic E-state index is 0.877. The van der Waals surface area contributed by atoms with Gasteiger partial charge in [-0.25, -0.2) is 0 Å². The third-order valence-electron chi connectivity index (χ3n) is 3.36. The Morgan fingerprint density at radius 3 is 2.29 bits per heavy atom. The highest BCUT2D eigenvalue weighted by Gasteiger charge is 2.14. The molecule has 1 aliphatic rings. The molecule has 1 heterocycles. The quantitative estimate of drug-likeness (QED) is 0.766. The maximum absolute atomic E-state index is 5.49. The third-order valence-corrected chi connectivity index (χ3v) is 3.72. The van der Waals surface area contributed by atoms with Crippen LogP contribution in [0.1, 0.15) is 30.4 Å². The van der Waals surface area contributed by atoms with Crippen LogP contribution in [-0.2, 0) is 0 Å². The van der Waals surface area contributed by atoms with Gasteiger partial charge < -0.3 is 10.2 Å². The van der Waals surface area contributed by atoms with Crippen LogP contribution >= 0.6 is 12.2 Å². The van der Waals surface area contributed by atoms with Gasteiger partial charge in [-0.1, -0.05) is 18.2 Å². The lowest BCUT2D eigenvalue weighted by Gasteiger charge is -2.30. The maximum Gasteiger partial charge on any atom is 0.173 e. The minimum Gasteiger partial charge on any atom is -0.349 e. The van der Waals surface area contributed by atoms with Gasteiger partial charge >= 0.3 is 0 Å². The second-order valence-electron chi connectivity index (χ2n) is 4.74. The van der Waals surface area contributed by atoms with Crippen molar-refractivity contribution < 1.29 is 0 Å². The highest BCUT2D eigenvalue weighted by molar-refractivity contribution is 7.80. The summed E-state index contributed by atoms with van der Waals surface area (Å²) >= 11 is 5.49. The molecule has 0 amide bonds. The average molecular weight is 248 g/mol. The smallest absolute Gasteiger partial charge is 0.173 e. The summed E-state index contributed by atoms with van der Waals surface area (Å²) in [5, 5.41) is 4.28. The fraction of sp³-hybridized carbons (Fsp3) is 0.500. The number of rotatable bonds is 1. The van der Waals surface area contributed by atoms with Crippen LogP contribution in [0.3, 0.4) is 0 Å². The van der Waals surface area contributed by atoms with Crippen LogP contribution < -0.4 is 5.32 Å². The van der Waals surface area contributed by atoms with E-state index in [1.54, 1.807) is 0 Å². The van der Waals surface area contributed by atoms with Crippen molar-refractivity contribution in [3.63, 3.8) is 0 Å². The molecule has 0 bridgehead atoms. The monoisotopic (exact) mass is 248 g/mol. The lowest BCUT2D eigenvalue weighted by molar-refractivity contribution is 0.346. The topological polar surface area (TPSA) is 15.3 Å². The minimum absolute atomic E-state index is 0.877. The lowest BCUT2D eigenvalue weighted by atomic mass is 10.1. The number of hydrogen-bond donors (Lipinski definition) is 1. The van der Waals surface area contributed by atoms with E-state index in [0.29, 0.717) is 0 Å². The molecule has 1 aliphatic heterocycles. The van der Waals surface area contributed by atoms with Crippen LogP contribution in [0.5, 0.6) is 0 Å². The zero-order valence-electron chi connectivity index (χ0n) is 10.6.